The summed E-state index contributed by atoms with van der Waals surface area (Å²) in [6.45, 7) is 7.31. The van der Waals surface area contributed by atoms with Crippen molar-refractivity contribution in [2.24, 2.45) is 5.92 Å². The Morgan fingerprint density at radius 3 is 2.40 bits per heavy atom. The third-order valence-corrected chi connectivity index (χ3v) is 5.56. The first-order valence-corrected chi connectivity index (χ1v) is 10.3. The number of hydrogen-bond acceptors (Lipinski definition) is 4. The highest BCUT2D eigenvalue weighted by Gasteiger charge is 2.24. The third kappa shape index (κ3) is 5.47. The highest BCUT2D eigenvalue weighted by Crippen LogP contribution is 2.20. The summed E-state index contributed by atoms with van der Waals surface area (Å²) in [5, 5.41) is 2.96. The van der Waals surface area contributed by atoms with Crippen LogP contribution in [0.25, 0.3) is 0 Å². The monoisotopic (exact) mass is 408 g/mol. The van der Waals surface area contributed by atoms with E-state index in [1.54, 1.807) is 24.3 Å². The Balaban J connectivity index is 1.49. The van der Waals surface area contributed by atoms with E-state index in [1.165, 1.54) is 12.5 Å². The number of benzene rings is 2. The summed E-state index contributed by atoms with van der Waals surface area (Å²) in [6.07, 6.45) is 1.70. The molecule has 158 valence electrons. The molecule has 1 aliphatic heterocycles. The minimum absolute atomic E-state index is 0.0721. The Kier molecular flexibility index (Phi) is 6.87. The highest BCUT2D eigenvalue weighted by molar-refractivity contribution is 5.95. The van der Waals surface area contributed by atoms with Gasteiger partial charge in [-0.3, -0.25) is 14.4 Å². The fourth-order valence-corrected chi connectivity index (χ4v) is 3.60. The summed E-state index contributed by atoms with van der Waals surface area (Å²) in [6, 6.07) is 12.4. The van der Waals surface area contributed by atoms with E-state index in [9.17, 15) is 14.4 Å². The molecular weight excluding hydrogens is 380 g/mol. The minimum Gasteiger partial charge on any atom is -0.427 e. The Hall–Kier alpha value is -3.15. The number of carbonyl (C=O) groups is 3. The van der Waals surface area contributed by atoms with Crippen molar-refractivity contribution in [3.8, 4) is 5.75 Å². The number of piperidine rings is 1. The number of carbonyl (C=O) groups excluding carboxylic acids is 3. The maximum Gasteiger partial charge on any atom is 0.308 e. The number of rotatable bonds is 5. The molecule has 2 aromatic rings. The summed E-state index contributed by atoms with van der Waals surface area (Å²) in [5.74, 6) is 0.137. The standard InChI is InChI=1S/C24H28N2O4/c1-16-7-8-21(13-17(16)2)24(29)26-11-9-19(10-12-26)15-25-23(28)20-5-4-6-22(14-20)30-18(3)27/h4-8,13-14,19H,9-12,15H2,1-3H3,(H,25,28). The lowest BCUT2D eigenvalue weighted by molar-refractivity contribution is -0.131. The third-order valence-electron chi connectivity index (χ3n) is 5.56. The Morgan fingerprint density at radius 2 is 1.73 bits per heavy atom. The zero-order valence-corrected chi connectivity index (χ0v) is 17.7. The van der Waals surface area contributed by atoms with Crippen LogP contribution in [0.2, 0.25) is 0 Å². The second kappa shape index (κ2) is 9.57. The maximum atomic E-state index is 12.7. The van der Waals surface area contributed by atoms with Gasteiger partial charge in [-0.1, -0.05) is 12.1 Å². The molecule has 0 bridgehead atoms. The molecular formula is C24H28N2O4. The van der Waals surface area contributed by atoms with Crippen molar-refractivity contribution < 1.29 is 19.1 Å². The number of hydrogen-bond donors (Lipinski definition) is 1. The van der Waals surface area contributed by atoms with Crippen molar-refractivity contribution in [1.29, 1.82) is 0 Å². The Labute approximate surface area is 177 Å². The summed E-state index contributed by atoms with van der Waals surface area (Å²) >= 11 is 0. The quantitative estimate of drug-likeness (QED) is 0.607. The van der Waals surface area contributed by atoms with Crippen LogP contribution in [0.5, 0.6) is 5.75 Å². The van der Waals surface area contributed by atoms with Gasteiger partial charge in [-0.2, -0.15) is 0 Å². The molecule has 1 N–H and O–H groups in total. The van der Waals surface area contributed by atoms with Crippen molar-refractivity contribution in [2.75, 3.05) is 19.6 Å². The normalized spacial score (nSPS) is 14.3. The molecule has 1 fully saturated rings. The van der Waals surface area contributed by atoms with E-state index >= 15 is 0 Å². The van der Waals surface area contributed by atoms with Crippen LogP contribution in [-0.2, 0) is 4.79 Å². The first-order chi connectivity index (χ1) is 14.3. The summed E-state index contributed by atoms with van der Waals surface area (Å²) in [7, 11) is 0. The predicted molar refractivity (Wildman–Crippen MR) is 115 cm³/mol. The van der Waals surface area contributed by atoms with Crippen LogP contribution in [0.3, 0.4) is 0 Å². The van der Waals surface area contributed by atoms with Crippen LogP contribution in [-0.4, -0.2) is 42.3 Å². The van der Waals surface area contributed by atoms with Gasteiger partial charge in [0, 0.05) is 37.7 Å². The molecule has 6 nitrogen and oxygen atoms in total. The van der Waals surface area contributed by atoms with Crippen molar-refractivity contribution in [1.82, 2.24) is 10.2 Å². The smallest absolute Gasteiger partial charge is 0.308 e. The van der Waals surface area contributed by atoms with Gasteiger partial charge >= 0.3 is 5.97 Å². The topological polar surface area (TPSA) is 75.7 Å². The number of esters is 1. The second-order valence-corrected chi connectivity index (χ2v) is 7.87. The number of nitrogens with zero attached hydrogens (tertiary/aromatic N) is 1. The van der Waals surface area contributed by atoms with Crippen molar-refractivity contribution in [3.63, 3.8) is 0 Å². The fourth-order valence-electron chi connectivity index (χ4n) is 3.60. The van der Waals surface area contributed by atoms with E-state index < -0.39 is 5.97 Å². The average molecular weight is 408 g/mol. The molecule has 0 aromatic heterocycles. The van der Waals surface area contributed by atoms with E-state index in [2.05, 4.69) is 5.32 Å². The molecule has 6 heteroatoms. The zero-order chi connectivity index (χ0) is 21.7. The van der Waals surface area contributed by atoms with Gasteiger partial charge in [0.15, 0.2) is 0 Å². The molecule has 0 radical (unpaired) electrons. The van der Waals surface area contributed by atoms with Gasteiger partial charge in [0.05, 0.1) is 0 Å². The van der Waals surface area contributed by atoms with Gasteiger partial charge in [-0.25, -0.2) is 0 Å². The van der Waals surface area contributed by atoms with Gasteiger partial charge in [0.25, 0.3) is 11.8 Å². The molecule has 0 unspecified atom stereocenters. The molecule has 0 aliphatic carbocycles. The predicted octanol–water partition coefficient (Wildman–Crippen LogP) is 3.51. The molecule has 2 amide bonds. The maximum absolute atomic E-state index is 12.7. The van der Waals surface area contributed by atoms with E-state index in [0.717, 1.165) is 24.0 Å². The minimum atomic E-state index is -0.422. The molecule has 30 heavy (non-hydrogen) atoms. The van der Waals surface area contributed by atoms with Crippen molar-refractivity contribution in [2.45, 2.75) is 33.6 Å². The number of amides is 2. The number of nitrogens with one attached hydrogen (secondary N) is 1. The average Bonchev–Trinajstić information content (AvgIpc) is 2.73. The lowest BCUT2D eigenvalue weighted by Crippen LogP contribution is -2.41. The lowest BCUT2D eigenvalue weighted by atomic mass is 9.95. The van der Waals surface area contributed by atoms with Gasteiger partial charge in [0.1, 0.15) is 5.75 Å². The summed E-state index contributed by atoms with van der Waals surface area (Å²) in [4.78, 5) is 38.1. The largest absolute Gasteiger partial charge is 0.427 e. The van der Waals surface area contributed by atoms with Gasteiger partial charge < -0.3 is 15.0 Å². The number of aryl methyl sites for hydroxylation is 2. The molecule has 3 rings (SSSR count). The molecule has 2 aromatic carbocycles. The van der Waals surface area contributed by atoms with Crippen LogP contribution in [0.4, 0.5) is 0 Å². The SMILES string of the molecule is CC(=O)Oc1cccc(C(=O)NCC2CCN(C(=O)c3ccc(C)c(C)c3)CC2)c1. The van der Waals surface area contributed by atoms with E-state index in [-0.39, 0.29) is 11.8 Å². The first-order valence-electron chi connectivity index (χ1n) is 10.3. The first kappa shape index (κ1) is 21.6. The molecule has 1 saturated heterocycles. The Bertz CT molecular complexity index is 946. The van der Waals surface area contributed by atoms with Crippen molar-refractivity contribution >= 4 is 17.8 Å². The fraction of sp³-hybridized carbons (Fsp3) is 0.375. The zero-order valence-electron chi connectivity index (χ0n) is 17.7. The van der Waals surface area contributed by atoms with E-state index in [0.29, 0.717) is 36.9 Å². The number of likely N-dealkylation sites (tertiary alicyclic amines) is 1. The molecule has 0 atom stereocenters. The Morgan fingerprint density at radius 1 is 1.00 bits per heavy atom. The second-order valence-electron chi connectivity index (χ2n) is 7.87. The van der Waals surface area contributed by atoms with Gasteiger partial charge in [-0.05, 0) is 74.1 Å². The van der Waals surface area contributed by atoms with Crippen LogP contribution in [0.1, 0.15) is 51.6 Å². The van der Waals surface area contributed by atoms with Crippen LogP contribution < -0.4 is 10.1 Å². The van der Waals surface area contributed by atoms with Gasteiger partial charge in [-0.15, -0.1) is 0 Å². The summed E-state index contributed by atoms with van der Waals surface area (Å²) < 4.78 is 5.03. The number of ether oxygens (including phenoxy) is 1. The summed E-state index contributed by atoms with van der Waals surface area (Å²) in [5.41, 5.74) is 3.49. The highest BCUT2D eigenvalue weighted by atomic mass is 16.5. The molecule has 1 aliphatic rings. The van der Waals surface area contributed by atoms with E-state index in [4.69, 9.17) is 4.74 Å². The molecule has 0 spiro atoms. The van der Waals surface area contributed by atoms with Crippen LogP contribution in [0.15, 0.2) is 42.5 Å². The van der Waals surface area contributed by atoms with Crippen molar-refractivity contribution in [3.05, 3.63) is 64.7 Å². The van der Waals surface area contributed by atoms with Crippen LogP contribution >= 0.6 is 0 Å². The van der Waals surface area contributed by atoms with Crippen LogP contribution in [0, 0.1) is 19.8 Å². The molecule has 0 saturated carbocycles. The van der Waals surface area contributed by atoms with E-state index in [1.807, 2.05) is 36.9 Å². The molecule has 1 heterocycles. The van der Waals surface area contributed by atoms with Gasteiger partial charge in [0.2, 0.25) is 0 Å². The lowest BCUT2D eigenvalue weighted by Gasteiger charge is -2.32.